The summed E-state index contributed by atoms with van der Waals surface area (Å²) in [6.07, 6.45) is 9.83. The Kier molecular flexibility index (Phi) is 9.23. The van der Waals surface area contributed by atoms with Gasteiger partial charge in [-0.15, -0.1) is 24.0 Å². The van der Waals surface area contributed by atoms with Crippen molar-refractivity contribution in [3.8, 4) is 0 Å². The molecule has 0 amide bonds. The SMILES string of the molecule is CN=C(NCC(C)Cn1cccn1)NC1CCC(SC)C1.I. The number of rotatable bonds is 6. The molecule has 1 aliphatic carbocycles. The van der Waals surface area contributed by atoms with Gasteiger partial charge in [-0.05, 0) is 37.5 Å². The summed E-state index contributed by atoms with van der Waals surface area (Å²) in [5, 5.41) is 12.0. The Balaban J connectivity index is 0.00000242. The van der Waals surface area contributed by atoms with Gasteiger partial charge in [0, 0.05) is 43.8 Å². The van der Waals surface area contributed by atoms with Gasteiger partial charge in [0.2, 0.25) is 0 Å². The summed E-state index contributed by atoms with van der Waals surface area (Å²) < 4.78 is 1.97. The molecule has 1 aromatic heterocycles. The Morgan fingerprint density at radius 2 is 2.32 bits per heavy atom. The van der Waals surface area contributed by atoms with Crippen LogP contribution in [-0.4, -0.2) is 46.9 Å². The Labute approximate surface area is 155 Å². The first-order valence-corrected chi connectivity index (χ1v) is 8.97. The van der Waals surface area contributed by atoms with E-state index in [0.29, 0.717) is 12.0 Å². The zero-order chi connectivity index (χ0) is 15.1. The normalized spacial score (nSPS) is 23.0. The lowest BCUT2D eigenvalue weighted by Crippen LogP contribution is -2.44. The highest BCUT2D eigenvalue weighted by Crippen LogP contribution is 2.27. The van der Waals surface area contributed by atoms with E-state index >= 15 is 0 Å². The maximum absolute atomic E-state index is 4.34. The van der Waals surface area contributed by atoms with Gasteiger partial charge in [-0.2, -0.15) is 16.9 Å². The molecule has 1 fully saturated rings. The van der Waals surface area contributed by atoms with E-state index in [9.17, 15) is 0 Å². The number of nitrogens with one attached hydrogen (secondary N) is 2. The molecule has 2 rings (SSSR count). The van der Waals surface area contributed by atoms with Gasteiger partial charge in [-0.1, -0.05) is 6.92 Å². The molecule has 1 heterocycles. The maximum atomic E-state index is 4.34. The van der Waals surface area contributed by atoms with E-state index in [1.165, 1.54) is 19.3 Å². The summed E-state index contributed by atoms with van der Waals surface area (Å²) in [5.74, 6) is 1.43. The van der Waals surface area contributed by atoms with Crippen LogP contribution in [0.3, 0.4) is 0 Å². The van der Waals surface area contributed by atoms with Crippen LogP contribution in [-0.2, 0) is 6.54 Å². The molecule has 0 bridgehead atoms. The van der Waals surface area contributed by atoms with Gasteiger partial charge in [0.25, 0.3) is 0 Å². The van der Waals surface area contributed by atoms with Crippen molar-refractivity contribution in [2.45, 2.75) is 44.0 Å². The Hall–Kier alpha value is -0.440. The summed E-state index contributed by atoms with van der Waals surface area (Å²) in [6, 6.07) is 2.53. The molecule has 3 atom stereocenters. The third-order valence-corrected chi connectivity index (χ3v) is 5.05. The maximum Gasteiger partial charge on any atom is 0.191 e. The van der Waals surface area contributed by atoms with Crippen LogP contribution < -0.4 is 10.6 Å². The molecule has 0 aromatic carbocycles. The van der Waals surface area contributed by atoms with Crippen LogP contribution >= 0.6 is 35.7 Å². The van der Waals surface area contributed by atoms with Crippen molar-refractivity contribution in [1.82, 2.24) is 20.4 Å². The van der Waals surface area contributed by atoms with Gasteiger partial charge in [-0.3, -0.25) is 9.67 Å². The van der Waals surface area contributed by atoms with Crippen molar-refractivity contribution in [1.29, 1.82) is 0 Å². The number of aromatic nitrogens is 2. The van der Waals surface area contributed by atoms with Crippen LogP contribution in [0.15, 0.2) is 23.5 Å². The molecule has 0 radical (unpaired) electrons. The molecular formula is C15H28IN5S. The zero-order valence-corrected chi connectivity index (χ0v) is 16.8. The van der Waals surface area contributed by atoms with Crippen LogP contribution in [0.5, 0.6) is 0 Å². The predicted octanol–water partition coefficient (Wildman–Crippen LogP) is 2.59. The van der Waals surface area contributed by atoms with E-state index in [4.69, 9.17) is 0 Å². The molecule has 2 N–H and O–H groups in total. The topological polar surface area (TPSA) is 54.2 Å². The molecule has 0 aliphatic heterocycles. The lowest BCUT2D eigenvalue weighted by molar-refractivity contribution is 0.442. The molecule has 1 aliphatic rings. The smallest absolute Gasteiger partial charge is 0.191 e. The van der Waals surface area contributed by atoms with Crippen molar-refractivity contribution in [2.24, 2.45) is 10.9 Å². The lowest BCUT2D eigenvalue weighted by atomic mass is 10.2. The summed E-state index contributed by atoms with van der Waals surface area (Å²) in [5.41, 5.74) is 0. The molecular weight excluding hydrogens is 409 g/mol. The van der Waals surface area contributed by atoms with E-state index in [1.54, 1.807) is 0 Å². The van der Waals surface area contributed by atoms with E-state index in [1.807, 2.05) is 42.0 Å². The predicted molar refractivity (Wildman–Crippen MR) is 106 cm³/mol. The van der Waals surface area contributed by atoms with Crippen LogP contribution in [0.4, 0.5) is 0 Å². The number of halogens is 1. The number of nitrogens with zero attached hydrogens (tertiary/aromatic N) is 3. The van der Waals surface area contributed by atoms with Gasteiger partial charge in [0.1, 0.15) is 0 Å². The van der Waals surface area contributed by atoms with Crippen molar-refractivity contribution in [3.63, 3.8) is 0 Å². The number of aliphatic imine (C=N–C) groups is 1. The minimum absolute atomic E-state index is 0. The Morgan fingerprint density at radius 1 is 1.50 bits per heavy atom. The van der Waals surface area contributed by atoms with Gasteiger partial charge in [0.15, 0.2) is 5.96 Å². The van der Waals surface area contributed by atoms with Crippen molar-refractivity contribution in [2.75, 3.05) is 19.8 Å². The molecule has 22 heavy (non-hydrogen) atoms. The summed E-state index contributed by atoms with van der Waals surface area (Å²) >= 11 is 1.98. The number of hydrogen-bond acceptors (Lipinski definition) is 3. The van der Waals surface area contributed by atoms with E-state index in [2.05, 4.69) is 33.9 Å². The number of hydrogen-bond donors (Lipinski definition) is 2. The minimum Gasteiger partial charge on any atom is -0.356 e. The average Bonchev–Trinajstić information content (AvgIpc) is 3.14. The van der Waals surface area contributed by atoms with E-state index < -0.39 is 0 Å². The van der Waals surface area contributed by atoms with Gasteiger partial charge in [0.05, 0.1) is 0 Å². The van der Waals surface area contributed by atoms with Gasteiger partial charge in [-0.25, -0.2) is 0 Å². The molecule has 0 spiro atoms. The lowest BCUT2D eigenvalue weighted by Gasteiger charge is -2.19. The highest BCUT2D eigenvalue weighted by Gasteiger charge is 2.24. The Morgan fingerprint density at radius 3 is 2.91 bits per heavy atom. The van der Waals surface area contributed by atoms with Crippen LogP contribution in [0.25, 0.3) is 0 Å². The van der Waals surface area contributed by atoms with Crippen molar-refractivity contribution >= 4 is 41.7 Å². The van der Waals surface area contributed by atoms with Crippen molar-refractivity contribution in [3.05, 3.63) is 18.5 Å². The van der Waals surface area contributed by atoms with Gasteiger partial charge >= 0.3 is 0 Å². The minimum atomic E-state index is 0. The highest BCUT2D eigenvalue weighted by molar-refractivity contribution is 14.0. The van der Waals surface area contributed by atoms with Crippen LogP contribution in [0.1, 0.15) is 26.2 Å². The molecule has 0 saturated heterocycles. The third-order valence-electron chi connectivity index (χ3n) is 3.96. The first kappa shape index (κ1) is 19.6. The summed E-state index contributed by atoms with van der Waals surface area (Å²) in [4.78, 5) is 4.34. The summed E-state index contributed by atoms with van der Waals surface area (Å²) in [6.45, 7) is 4.05. The number of thioether (sulfide) groups is 1. The third kappa shape index (κ3) is 6.36. The highest BCUT2D eigenvalue weighted by atomic mass is 127. The first-order valence-electron chi connectivity index (χ1n) is 7.68. The molecule has 5 nitrogen and oxygen atoms in total. The Bertz CT molecular complexity index is 437. The molecule has 7 heteroatoms. The largest absolute Gasteiger partial charge is 0.356 e. The second kappa shape index (κ2) is 10.4. The fraction of sp³-hybridized carbons (Fsp3) is 0.733. The molecule has 126 valence electrons. The number of guanidine groups is 1. The average molecular weight is 437 g/mol. The molecule has 1 saturated carbocycles. The standard InChI is InChI=1S/C15H27N5S.HI/c1-12(11-20-8-4-7-18-20)10-17-15(16-2)19-13-5-6-14(9-13)21-3;/h4,7-8,12-14H,5-6,9-11H2,1-3H3,(H2,16,17,19);1H. The first-order chi connectivity index (χ1) is 10.2. The monoisotopic (exact) mass is 437 g/mol. The van der Waals surface area contributed by atoms with E-state index in [0.717, 1.165) is 24.3 Å². The second-order valence-corrected chi connectivity index (χ2v) is 6.94. The van der Waals surface area contributed by atoms with Crippen LogP contribution in [0, 0.1) is 5.92 Å². The fourth-order valence-electron chi connectivity index (χ4n) is 2.74. The van der Waals surface area contributed by atoms with Crippen LogP contribution in [0.2, 0.25) is 0 Å². The quantitative estimate of drug-likeness (QED) is 0.408. The molecule has 3 unspecified atom stereocenters. The zero-order valence-electron chi connectivity index (χ0n) is 13.7. The second-order valence-electron chi connectivity index (χ2n) is 5.80. The fourth-order valence-corrected chi connectivity index (χ4v) is 3.53. The molecule has 1 aromatic rings. The van der Waals surface area contributed by atoms with Gasteiger partial charge < -0.3 is 10.6 Å². The van der Waals surface area contributed by atoms with Crippen molar-refractivity contribution < 1.29 is 0 Å². The van der Waals surface area contributed by atoms with E-state index in [-0.39, 0.29) is 24.0 Å². The summed E-state index contributed by atoms with van der Waals surface area (Å²) in [7, 11) is 1.84.